The molecule has 166 valence electrons. The first-order valence-electron chi connectivity index (χ1n) is 11.1. The fourth-order valence-corrected chi connectivity index (χ4v) is 4.66. The molecule has 0 unspecified atom stereocenters. The molecule has 5 rings (SSSR count). The Morgan fingerprint density at radius 3 is 2.97 bits per heavy atom. The Labute approximate surface area is 187 Å². The number of rotatable bonds is 6. The highest BCUT2D eigenvalue weighted by atomic mass is 15.3. The van der Waals surface area contributed by atoms with Gasteiger partial charge in [0.2, 0.25) is 5.65 Å². The van der Waals surface area contributed by atoms with E-state index in [-0.39, 0.29) is 0 Å². The van der Waals surface area contributed by atoms with E-state index in [1.165, 1.54) is 30.5 Å². The van der Waals surface area contributed by atoms with Gasteiger partial charge in [-0.3, -0.25) is 4.99 Å². The van der Waals surface area contributed by atoms with Gasteiger partial charge in [-0.2, -0.15) is 10.3 Å². The van der Waals surface area contributed by atoms with Gasteiger partial charge in [0.25, 0.3) is 0 Å². The number of nitrogens with zero attached hydrogens (tertiary/aromatic N) is 5. The summed E-state index contributed by atoms with van der Waals surface area (Å²) < 4.78 is 0. The number of benzene rings is 1. The van der Waals surface area contributed by atoms with E-state index in [2.05, 4.69) is 59.9 Å². The first-order chi connectivity index (χ1) is 15.6. The fraction of sp³-hybridized carbons (Fsp3) is 0.391. The molecule has 0 amide bonds. The summed E-state index contributed by atoms with van der Waals surface area (Å²) in [4.78, 5) is 11.3. The summed E-state index contributed by atoms with van der Waals surface area (Å²) in [5.74, 6) is 0.406. The van der Waals surface area contributed by atoms with Crippen LogP contribution in [0.25, 0.3) is 11.2 Å². The third kappa shape index (κ3) is 4.16. The van der Waals surface area contributed by atoms with Crippen LogP contribution in [-0.2, 0) is 13.0 Å². The molecule has 6 N–H and O–H groups in total. The topological polar surface area (TPSA) is 134 Å². The van der Waals surface area contributed by atoms with E-state index in [0.717, 1.165) is 30.8 Å². The van der Waals surface area contributed by atoms with Gasteiger partial charge < -0.3 is 21.7 Å². The van der Waals surface area contributed by atoms with E-state index in [1.807, 2.05) is 6.21 Å². The lowest BCUT2D eigenvalue weighted by Crippen LogP contribution is -2.64. The smallest absolute Gasteiger partial charge is 0.203 e. The molecular weight excluding hydrogens is 402 g/mol. The highest BCUT2D eigenvalue weighted by molar-refractivity contribution is 5.82. The summed E-state index contributed by atoms with van der Waals surface area (Å²) in [6.45, 7) is 3.77. The number of allylic oxidation sites excluding steroid dienone is 1. The highest BCUT2D eigenvalue weighted by Crippen LogP contribution is 2.35. The number of aromatic nitrogens is 4. The largest absolute Gasteiger partial charge is 0.404 e. The average molecular weight is 432 g/mol. The molecule has 1 saturated carbocycles. The van der Waals surface area contributed by atoms with Crippen molar-refractivity contribution in [3.8, 4) is 0 Å². The molecule has 3 aromatic rings. The van der Waals surface area contributed by atoms with Crippen LogP contribution in [0.15, 0.2) is 47.1 Å². The van der Waals surface area contributed by atoms with Gasteiger partial charge in [-0.15, -0.1) is 5.10 Å². The van der Waals surface area contributed by atoms with Gasteiger partial charge in [0.05, 0.1) is 6.54 Å². The monoisotopic (exact) mass is 431 g/mol. The summed E-state index contributed by atoms with van der Waals surface area (Å²) in [5.41, 5.74) is 17.5. The normalized spacial score (nSPS) is 18.5. The Hall–Kier alpha value is -3.46. The van der Waals surface area contributed by atoms with Crippen molar-refractivity contribution in [3.63, 3.8) is 0 Å². The van der Waals surface area contributed by atoms with Crippen LogP contribution < -0.4 is 21.7 Å². The second-order valence-electron chi connectivity index (χ2n) is 8.74. The number of piperazine rings is 1. The number of anilines is 2. The van der Waals surface area contributed by atoms with Gasteiger partial charge >= 0.3 is 0 Å². The molecule has 3 heterocycles. The number of fused-ring (bicyclic) bond motifs is 1. The molecule has 0 radical (unpaired) electrons. The Balaban J connectivity index is 1.25. The van der Waals surface area contributed by atoms with Crippen LogP contribution in [0.4, 0.5) is 11.5 Å². The van der Waals surface area contributed by atoms with Crippen LogP contribution in [0.2, 0.25) is 0 Å². The van der Waals surface area contributed by atoms with Crippen molar-refractivity contribution in [3.05, 3.63) is 53.2 Å². The molecule has 2 aromatic heterocycles. The van der Waals surface area contributed by atoms with Crippen molar-refractivity contribution in [2.24, 2.45) is 10.7 Å². The van der Waals surface area contributed by atoms with Gasteiger partial charge in [0, 0.05) is 43.5 Å². The van der Waals surface area contributed by atoms with Crippen molar-refractivity contribution in [1.82, 2.24) is 25.7 Å². The van der Waals surface area contributed by atoms with Crippen LogP contribution in [0.1, 0.15) is 30.4 Å². The van der Waals surface area contributed by atoms with E-state index in [4.69, 9.17) is 11.5 Å². The summed E-state index contributed by atoms with van der Waals surface area (Å²) in [6.07, 6.45) is 7.85. The second kappa shape index (κ2) is 8.58. The Bertz CT molecular complexity index is 1160. The molecule has 1 aliphatic heterocycles. The van der Waals surface area contributed by atoms with Crippen molar-refractivity contribution < 1.29 is 0 Å². The molecule has 1 spiro atoms. The molecule has 9 nitrogen and oxygen atoms in total. The molecule has 9 heteroatoms. The van der Waals surface area contributed by atoms with E-state index < -0.39 is 0 Å². The zero-order chi connectivity index (χ0) is 22.0. The van der Waals surface area contributed by atoms with Gasteiger partial charge in [-0.25, -0.2) is 4.98 Å². The van der Waals surface area contributed by atoms with Crippen LogP contribution in [0.3, 0.4) is 0 Å². The number of aromatic amines is 1. The lowest BCUT2D eigenvalue weighted by atomic mass is 9.75. The zero-order valence-corrected chi connectivity index (χ0v) is 18.1. The molecule has 1 aliphatic carbocycles. The number of aliphatic imine (C=N–C) groups is 1. The minimum atomic E-state index is 0.332. The van der Waals surface area contributed by atoms with Crippen LogP contribution in [0.5, 0.6) is 0 Å². The number of pyridine rings is 1. The minimum absolute atomic E-state index is 0.332. The number of H-pyrrole nitrogens is 1. The lowest BCUT2D eigenvalue weighted by Gasteiger charge is -2.50. The number of hydrogen-bond acceptors (Lipinski definition) is 8. The predicted molar refractivity (Wildman–Crippen MR) is 128 cm³/mol. The number of hydrogen-bond donors (Lipinski definition) is 4. The average Bonchev–Trinajstić information content (AvgIpc) is 3.26. The third-order valence-corrected chi connectivity index (χ3v) is 6.49. The standard InChI is InChI=1S/C23H29N9/c24-12-17(9-18-11-20(25)28-22-21(18)29-31-30-22)14-26-13-16-3-1-4-19(10-16)32-8-7-27-23(15-32)5-2-6-23/h1,3-4,10-12,14,27H,2,5-9,13,15,24H2,(H3,25,28,29,30,31). The summed E-state index contributed by atoms with van der Waals surface area (Å²) >= 11 is 0. The quantitative estimate of drug-likeness (QED) is 0.438. The summed E-state index contributed by atoms with van der Waals surface area (Å²) in [5, 5.41) is 14.5. The maximum absolute atomic E-state index is 5.90. The molecule has 2 aliphatic rings. The number of nitrogens with two attached hydrogens (primary N) is 2. The molecular formula is C23H29N9. The van der Waals surface area contributed by atoms with Gasteiger partial charge in [-0.05, 0) is 60.4 Å². The van der Waals surface area contributed by atoms with Gasteiger partial charge in [0.1, 0.15) is 11.3 Å². The van der Waals surface area contributed by atoms with Gasteiger partial charge in [0.15, 0.2) is 0 Å². The van der Waals surface area contributed by atoms with Crippen molar-refractivity contribution in [1.29, 1.82) is 0 Å². The van der Waals surface area contributed by atoms with Crippen LogP contribution in [0, 0.1) is 0 Å². The number of nitrogen functional groups attached to an aromatic ring is 1. The fourth-order valence-electron chi connectivity index (χ4n) is 4.66. The SMILES string of the molecule is NC=C(C=NCc1cccc(N2CCNC3(CCC3)C2)c1)Cc1cc(N)nc2n[nH]nc12. The summed E-state index contributed by atoms with van der Waals surface area (Å²) in [7, 11) is 0. The Morgan fingerprint density at radius 1 is 1.25 bits per heavy atom. The van der Waals surface area contributed by atoms with Crippen molar-refractivity contribution >= 4 is 28.9 Å². The molecule has 0 atom stereocenters. The van der Waals surface area contributed by atoms with E-state index >= 15 is 0 Å². The van der Waals surface area contributed by atoms with Crippen molar-refractivity contribution in [2.75, 3.05) is 30.3 Å². The minimum Gasteiger partial charge on any atom is -0.404 e. The predicted octanol–water partition coefficient (Wildman–Crippen LogP) is 1.92. The molecule has 1 saturated heterocycles. The maximum Gasteiger partial charge on any atom is 0.203 e. The highest BCUT2D eigenvalue weighted by Gasteiger charge is 2.40. The summed E-state index contributed by atoms with van der Waals surface area (Å²) in [6, 6.07) is 10.5. The number of nitrogens with one attached hydrogen (secondary N) is 2. The Kier molecular flexibility index (Phi) is 5.48. The maximum atomic E-state index is 5.90. The van der Waals surface area contributed by atoms with Crippen LogP contribution >= 0.6 is 0 Å². The molecule has 32 heavy (non-hydrogen) atoms. The molecule has 1 aromatic carbocycles. The third-order valence-electron chi connectivity index (χ3n) is 6.49. The van der Waals surface area contributed by atoms with E-state index in [9.17, 15) is 0 Å². The van der Waals surface area contributed by atoms with E-state index in [1.54, 1.807) is 12.3 Å². The second-order valence-corrected chi connectivity index (χ2v) is 8.74. The molecule has 2 fully saturated rings. The Morgan fingerprint density at radius 2 is 2.16 bits per heavy atom. The lowest BCUT2D eigenvalue weighted by molar-refractivity contribution is 0.173. The first-order valence-corrected chi connectivity index (χ1v) is 11.1. The van der Waals surface area contributed by atoms with Crippen LogP contribution in [-0.4, -0.2) is 51.8 Å². The zero-order valence-electron chi connectivity index (χ0n) is 18.1. The molecule has 0 bridgehead atoms. The van der Waals surface area contributed by atoms with E-state index in [0.29, 0.717) is 35.5 Å². The van der Waals surface area contributed by atoms with Gasteiger partial charge in [-0.1, -0.05) is 12.1 Å². The first kappa shape index (κ1) is 20.4. The van der Waals surface area contributed by atoms with Crippen molar-refractivity contribution in [2.45, 2.75) is 37.8 Å².